The molecule has 2 N–H and O–H groups in total. The van der Waals surface area contributed by atoms with Crippen LogP contribution in [0.2, 0.25) is 0 Å². The summed E-state index contributed by atoms with van der Waals surface area (Å²) in [6.07, 6.45) is 16.1. The van der Waals surface area contributed by atoms with E-state index in [-0.39, 0.29) is 12.0 Å². The van der Waals surface area contributed by atoms with E-state index in [1.165, 1.54) is 38.5 Å². The first-order chi connectivity index (χ1) is 14.5. The summed E-state index contributed by atoms with van der Waals surface area (Å²) >= 11 is 0. The third-order valence-electron chi connectivity index (χ3n) is 11.2. The maximum atomic E-state index is 11.0. The van der Waals surface area contributed by atoms with Crippen LogP contribution >= 0.6 is 0 Å². The van der Waals surface area contributed by atoms with E-state index in [2.05, 4.69) is 47.3 Å². The van der Waals surface area contributed by atoms with Crippen LogP contribution in [0.4, 0.5) is 0 Å². The largest absolute Gasteiger partial charge is 0.393 e. The van der Waals surface area contributed by atoms with Gasteiger partial charge in [-0.2, -0.15) is 0 Å². The van der Waals surface area contributed by atoms with E-state index in [0.29, 0.717) is 22.7 Å². The van der Waals surface area contributed by atoms with Gasteiger partial charge in [-0.1, -0.05) is 52.3 Å². The third kappa shape index (κ3) is 3.78. The highest BCUT2D eigenvalue weighted by atomic mass is 16.3. The second-order valence-corrected chi connectivity index (χ2v) is 12.8. The average Bonchev–Trinajstić information content (AvgIpc) is 3.09. The third-order valence-corrected chi connectivity index (χ3v) is 11.2. The van der Waals surface area contributed by atoms with Crippen molar-refractivity contribution in [3.63, 3.8) is 0 Å². The number of hydrogen-bond acceptors (Lipinski definition) is 2. The normalized spacial score (nSPS) is 45.2. The van der Waals surface area contributed by atoms with Gasteiger partial charge in [0.2, 0.25) is 0 Å². The molecule has 0 heterocycles. The van der Waals surface area contributed by atoms with Crippen LogP contribution in [-0.2, 0) is 0 Å². The van der Waals surface area contributed by atoms with Crippen LogP contribution in [0.25, 0.3) is 0 Å². The summed E-state index contributed by atoms with van der Waals surface area (Å²) in [5.74, 6) is 3.81. The van der Waals surface area contributed by atoms with E-state index in [9.17, 15) is 10.2 Å². The molecule has 0 saturated heterocycles. The molecule has 2 nitrogen and oxygen atoms in total. The molecule has 31 heavy (non-hydrogen) atoms. The summed E-state index contributed by atoms with van der Waals surface area (Å²) in [5, 5.41) is 21.2. The Labute approximate surface area is 191 Å². The number of aliphatic hydroxyl groups is 2. The maximum Gasteiger partial charge on any atom is 0.0847 e. The Morgan fingerprint density at radius 2 is 1.77 bits per heavy atom. The SMILES string of the molecule is C=CC(O)(CCC(C)C1CCC2C3=CCC4CC(O)CCC4(C)C3CCC21C)C(C)C. The molecule has 4 rings (SSSR count). The van der Waals surface area contributed by atoms with Crippen LogP contribution in [0.15, 0.2) is 24.3 Å². The molecule has 4 aliphatic rings. The lowest BCUT2D eigenvalue weighted by Gasteiger charge is -2.57. The highest BCUT2D eigenvalue weighted by molar-refractivity contribution is 5.27. The van der Waals surface area contributed by atoms with Crippen molar-refractivity contribution in [1.29, 1.82) is 0 Å². The molecule has 9 atom stereocenters. The zero-order valence-corrected chi connectivity index (χ0v) is 20.9. The minimum atomic E-state index is -0.730. The second kappa shape index (κ2) is 8.32. The molecule has 0 bridgehead atoms. The first kappa shape index (κ1) is 23.6. The first-order valence-corrected chi connectivity index (χ1v) is 13.3. The summed E-state index contributed by atoms with van der Waals surface area (Å²) in [4.78, 5) is 0. The quantitative estimate of drug-likeness (QED) is 0.451. The van der Waals surface area contributed by atoms with Crippen molar-refractivity contribution < 1.29 is 10.2 Å². The van der Waals surface area contributed by atoms with Gasteiger partial charge in [-0.3, -0.25) is 0 Å². The molecule has 0 aromatic carbocycles. The van der Waals surface area contributed by atoms with Gasteiger partial charge >= 0.3 is 0 Å². The van der Waals surface area contributed by atoms with Gasteiger partial charge in [0.15, 0.2) is 0 Å². The van der Waals surface area contributed by atoms with Crippen LogP contribution in [0.1, 0.15) is 98.8 Å². The summed E-state index contributed by atoms with van der Waals surface area (Å²) in [6.45, 7) is 15.7. The predicted octanol–water partition coefficient (Wildman–Crippen LogP) is 6.92. The van der Waals surface area contributed by atoms with Crippen molar-refractivity contribution in [3.8, 4) is 0 Å². The number of aliphatic hydroxyl groups excluding tert-OH is 1. The molecular formula is C29H48O2. The minimum absolute atomic E-state index is 0.0707. The van der Waals surface area contributed by atoms with Crippen LogP contribution in [0, 0.1) is 46.3 Å². The number of fused-ring (bicyclic) bond motifs is 5. The van der Waals surface area contributed by atoms with E-state index >= 15 is 0 Å². The fraction of sp³-hybridized carbons (Fsp3) is 0.862. The molecule has 0 aliphatic heterocycles. The van der Waals surface area contributed by atoms with Crippen molar-refractivity contribution >= 4 is 0 Å². The van der Waals surface area contributed by atoms with Crippen molar-refractivity contribution in [2.45, 2.75) is 111 Å². The summed E-state index contributed by atoms with van der Waals surface area (Å²) in [6, 6.07) is 0. The van der Waals surface area contributed by atoms with E-state index in [1.807, 2.05) is 5.57 Å². The van der Waals surface area contributed by atoms with E-state index < -0.39 is 5.60 Å². The maximum absolute atomic E-state index is 11.0. The second-order valence-electron chi connectivity index (χ2n) is 12.8. The molecule has 9 unspecified atom stereocenters. The molecule has 0 spiro atoms. The molecule has 0 amide bonds. The van der Waals surface area contributed by atoms with E-state index in [4.69, 9.17) is 0 Å². The standard InChI is InChI=1S/C29H48O2/c1-7-29(31,19(2)3)17-12-20(4)24-10-11-25-23-9-8-21-18-22(30)13-15-27(21,5)26(23)14-16-28(24,25)6/h7,9,19-22,24-26,30-31H,1,8,10-18H2,2-6H3. The number of allylic oxidation sites excluding steroid dienone is 2. The highest BCUT2D eigenvalue weighted by Crippen LogP contribution is 2.67. The Morgan fingerprint density at radius 3 is 2.45 bits per heavy atom. The Morgan fingerprint density at radius 1 is 1.10 bits per heavy atom. The lowest BCUT2D eigenvalue weighted by atomic mass is 9.47. The monoisotopic (exact) mass is 428 g/mol. The van der Waals surface area contributed by atoms with Crippen molar-refractivity contribution in [2.75, 3.05) is 0 Å². The Kier molecular flexibility index (Phi) is 6.32. The zero-order chi connectivity index (χ0) is 22.6. The molecule has 0 aromatic rings. The molecular weight excluding hydrogens is 380 g/mol. The van der Waals surface area contributed by atoms with Crippen LogP contribution in [-0.4, -0.2) is 21.9 Å². The molecule has 0 radical (unpaired) electrons. The summed E-state index contributed by atoms with van der Waals surface area (Å²) in [7, 11) is 0. The lowest BCUT2D eigenvalue weighted by Crippen LogP contribution is -2.50. The highest BCUT2D eigenvalue weighted by Gasteiger charge is 2.58. The topological polar surface area (TPSA) is 40.5 Å². The van der Waals surface area contributed by atoms with Gasteiger partial charge in [0.1, 0.15) is 0 Å². The van der Waals surface area contributed by atoms with Gasteiger partial charge in [-0.15, -0.1) is 6.58 Å². The summed E-state index contributed by atoms with van der Waals surface area (Å²) in [5.41, 5.74) is 1.91. The van der Waals surface area contributed by atoms with Crippen LogP contribution in [0.3, 0.4) is 0 Å². The van der Waals surface area contributed by atoms with E-state index in [0.717, 1.165) is 43.4 Å². The predicted molar refractivity (Wildman–Crippen MR) is 130 cm³/mol. The Hall–Kier alpha value is -0.600. The lowest BCUT2D eigenvalue weighted by molar-refractivity contribution is -0.0436. The van der Waals surface area contributed by atoms with Crippen molar-refractivity contribution in [3.05, 3.63) is 24.3 Å². The van der Waals surface area contributed by atoms with Gasteiger partial charge in [0, 0.05) is 0 Å². The van der Waals surface area contributed by atoms with E-state index in [1.54, 1.807) is 6.08 Å². The van der Waals surface area contributed by atoms with Gasteiger partial charge in [-0.25, -0.2) is 0 Å². The fourth-order valence-corrected chi connectivity index (χ4v) is 8.75. The van der Waals surface area contributed by atoms with Crippen molar-refractivity contribution in [2.24, 2.45) is 46.3 Å². The van der Waals surface area contributed by atoms with Gasteiger partial charge in [0.05, 0.1) is 11.7 Å². The smallest absolute Gasteiger partial charge is 0.0847 e. The average molecular weight is 429 g/mol. The fourth-order valence-electron chi connectivity index (χ4n) is 8.75. The van der Waals surface area contributed by atoms with Crippen LogP contribution in [0.5, 0.6) is 0 Å². The van der Waals surface area contributed by atoms with Crippen LogP contribution < -0.4 is 0 Å². The van der Waals surface area contributed by atoms with Crippen molar-refractivity contribution in [1.82, 2.24) is 0 Å². The van der Waals surface area contributed by atoms with Gasteiger partial charge in [-0.05, 0) is 111 Å². The number of rotatable bonds is 6. The Balaban J connectivity index is 1.50. The zero-order valence-electron chi connectivity index (χ0n) is 20.9. The molecule has 2 heteroatoms. The number of hydrogen-bond donors (Lipinski definition) is 2. The molecule has 0 aromatic heterocycles. The minimum Gasteiger partial charge on any atom is -0.393 e. The molecule has 3 saturated carbocycles. The Bertz CT molecular complexity index is 710. The first-order valence-electron chi connectivity index (χ1n) is 13.3. The molecule has 176 valence electrons. The van der Waals surface area contributed by atoms with Gasteiger partial charge in [0.25, 0.3) is 0 Å². The van der Waals surface area contributed by atoms with Gasteiger partial charge < -0.3 is 10.2 Å². The molecule has 4 aliphatic carbocycles. The summed E-state index contributed by atoms with van der Waals surface area (Å²) < 4.78 is 0. The molecule has 3 fully saturated rings.